The van der Waals surface area contributed by atoms with Crippen LogP contribution in [-0.2, 0) is 0 Å². The number of rotatable bonds is 3. The standard InChI is InChI=1S/C12H24N2/c1-10(14(7)11(2,3)4)12(8-9-12)13(5)6/h1,8-9H2,2-7H3. The third kappa shape index (κ3) is 1.81. The molecule has 0 aromatic heterocycles. The van der Waals surface area contributed by atoms with Crippen LogP contribution in [0.4, 0.5) is 0 Å². The number of nitrogens with zero attached hydrogens (tertiary/aromatic N) is 2. The Morgan fingerprint density at radius 3 is 1.79 bits per heavy atom. The maximum absolute atomic E-state index is 4.26. The van der Waals surface area contributed by atoms with Gasteiger partial charge in [0.15, 0.2) is 0 Å². The van der Waals surface area contributed by atoms with E-state index in [9.17, 15) is 0 Å². The average molecular weight is 196 g/mol. The molecule has 0 N–H and O–H groups in total. The molecule has 0 unspecified atom stereocenters. The quantitative estimate of drug-likeness (QED) is 0.683. The Morgan fingerprint density at radius 1 is 1.14 bits per heavy atom. The third-order valence-corrected chi connectivity index (χ3v) is 3.53. The Balaban J connectivity index is 2.76. The molecule has 1 fully saturated rings. The molecule has 2 heteroatoms. The molecule has 1 rings (SSSR count). The van der Waals surface area contributed by atoms with E-state index in [1.807, 2.05) is 0 Å². The van der Waals surface area contributed by atoms with E-state index in [4.69, 9.17) is 0 Å². The third-order valence-electron chi connectivity index (χ3n) is 3.53. The molecule has 0 aromatic rings. The van der Waals surface area contributed by atoms with Crippen LogP contribution in [-0.4, -0.2) is 42.0 Å². The lowest BCUT2D eigenvalue weighted by Crippen LogP contribution is -2.45. The van der Waals surface area contributed by atoms with Gasteiger partial charge in [-0.15, -0.1) is 0 Å². The number of hydrogen-bond acceptors (Lipinski definition) is 2. The van der Waals surface area contributed by atoms with Gasteiger partial charge in [0.25, 0.3) is 0 Å². The first-order valence-electron chi connectivity index (χ1n) is 5.32. The smallest absolute Gasteiger partial charge is 0.0600 e. The molecule has 1 aliphatic rings. The number of hydrogen-bond donors (Lipinski definition) is 0. The molecular weight excluding hydrogens is 172 g/mol. The summed E-state index contributed by atoms with van der Waals surface area (Å²) in [4.78, 5) is 4.61. The summed E-state index contributed by atoms with van der Waals surface area (Å²) < 4.78 is 0. The molecule has 0 bridgehead atoms. The SMILES string of the molecule is C=C(N(C)C(C)(C)C)C1(N(C)C)CC1. The zero-order valence-corrected chi connectivity index (χ0v) is 10.5. The van der Waals surface area contributed by atoms with Gasteiger partial charge in [0.05, 0.1) is 5.54 Å². The molecular formula is C12H24N2. The molecule has 0 aromatic carbocycles. The van der Waals surface area contributed by atoms with Crippen molar-refractivity contribution in [3.63, 3.8) is 0 Å². The Bertz CT molecular complexity index is 231. The molecule has 2 nitrogen and oxygen atoms in total. The molecule has 0 heterocycles. The minimum Gasteiger partial charge on any atom is -0.372 e. The number of likely N-dealkylation sites (N-methyl/N-ethyl adjacent to an activating group) is 2. The van der Waals surface area contributed by atoms with Gasteiger partial charge in [-0.2, -0.15) is 0 Å². The first-order valence-corrected chi connectivity index (χ1v) is 5.32. The van der Waals surface area contributed by atoms with E-state index < -0.39 is 0 Å². The second-order valence-corrected chi connectivity index (χ2v) is 5.60. The van der Waals surface area contributed by atoms with Crippen molar-refractivity contribution in [1.29, 1.82) is 0 Å². The van der Waals surface area contributed by atoms with Crippen LogP contribution in [0.3, 0.4) is 0 Å². The fraction of sp³-hybridized carbons (Fsp3) is 0.833. The second-order valence-electron chi connectivity index (χ2n) is 5.60. The first kappa shape index (κ1) is 11.6. The minimum atomic E-state index is 0.169. The van der Waals surface area contributed by atoms with Crippen LogP contribution >= 0.6 is 0 Å². The van der Waals surface area contributed by atoms with Crippen LogP contribution < -0.4 is 0 Å². The summed E-state index contributed by atoms with van der Waals surface area (Å²) in [5.74, 6) is 0. The van der Waals surface area contributed by atoms with E-state index in [1.165, 1.54) is 18.5 Å². The Hall–Kier alpha value is -0.500. The van der Waals surface area contributed by atoms with Gasteiger partial charge in [0, 0.05) is 18.3 Å². The van der Waals surface area contributed by atoms with Crippen LogP contribution in [0, 0.1) is 0 Å². The Kier molecular flexibility index (Phi) is 2.70. The Labute approximate surface area is 88.6 Å². The van der Waals surface area contributed by atoms with E-state index in [0.717, 1.165) is 0 Å². The van der Waals surface area contributed by atoms with Crippen molar-refractivity contribution >= 4 is 0 Å². The van der Waals surface area contributed by atoms with Gasteiger partial charge in [0.2, 0.25) is 0 Å². The van der Waals surface area contributed by atoms with Crippen molar-refractivity contribution < 1.29 is 0 Å². The van der Waals surface area contributed by atoms with Crippen LogP contribution in [0.5, 0.6) is 0 Å². The van der Waals surface area contributed by atoms with E-state index in [0.29, 0.717) is 0 Å². The largest absolute Gasteiger partial charge is 0.372 e. The van der Waals surface area contributed by atoms with Gasteiger partial charge >= 0.3 is 0 Å². The summed E-state index contributed by atoms with van der Waals surface area (Å²) in [7, 11) is 6.44. The summed E-state index contributed by atoms with van der Waals surface area (Å²) >= 11 is 0. The second kappa shape index (κ2) is 3.27. The normalized spacial score (nSPS) is 19.6. The maximum atomic E-state index is 4.26. The monoisotopic (exact) mass is 196 g/mol. The van der Waals surface area contributed by atoms with Crippen molar-refractivity contribution in [2.45, 2.75) is 44.7 Å². The van der Waals surface area contributed by atoms with Crippen molar-refractivity contribution in [3.05, 3.63) is 12.3 Å². The van der Waals surface area contributed by atoms with Gasteiger partial charge in [0.1, 0.15) is 0 Å². The molecule has 0 aliphatic heterocycles. The molecule has 0 atom stereocenters. The fourth-order valence-corrected chi connectivity index (χ4v) is 1.83. The lowest BCUT2D eigenvalue weighted by molar-refractivity contribution is 0.171. The van der Waals surface area contributed by atoms with Gasteiger partial charge in [-0.1, -0.05) is 6.58 Å². The zero-order chi connectivity index (χ0) is 11.1. The topological polar surface area (TPSA) is 6.48 Å². The highest BCUT2D eigenvalue weighted by Crippen LogP contribution is 2.47. The molecule has 0 spiro atoms. The zero-order valence-electron chi connectivity index (χ0n) is 10.5. The predicted octanol–water partition coefficient (Wildman–Crippen LogP) is 2.32. The fourth-order valence-electron chi connectivity index (χ4n) is 1.83. The highest BCUT2D eigenvalue weighted by Gasteiger charge is 2.49. The van der Waals surface area contributed by atoms with Gasteiger partial charge in [-0.3, -0.25) is 4.90 Å². The average Bonchev–Trinajstić information content (AvgIpc) is 2.79. The van der Waals surface area contributed by atoms with E-state index >= 15 is 0 Å². The lowest BCUT2D eigenvalue weighted by Gasteiger charge is -2.41. The molecule has 14 heavy (non-hydrogen) atoms. The van der Waals surface area contributed by atoms with Crippen LogP contribution in [0.15, 0.2) is 12.3 Å². The predicted molar refractivity (Wildman–Crippen MR) is 62.3 cm³/mol. The van der Waals surface area contributed by atoms with Gasteiger partial charge in [-0.05, 0) is 47.7 Å². The summed E-state index contributed by atoms with van der Waals surface area (Å²) in [6.07, 6.45) is 2.50. The summed E-state index contributed by atoms with van der Waals surface area (Å²) in [6, 6.07) is 0. The highest BCUT2D eigenvalue weighted by atomic mass is 15.3. The molecule has 82 valence electrons. The van der Waals surface area contributed by atoms with E-state index in [1.54, 1.807) is 0 Å². The van der Waals surface area contributed by atoms with Gasteiger partial charge < -0.3 is 4.90 Å². The van der Waals surface area contributed by atoms with E-state index in [-0.39, 0.29) is 11.1 Å². The lowest BCUT2D eigenvalue weighted by atomic mass is 10.0. The van der Waals surface area contributed by atoms with Crippen LogP contribution in [0.25, 0.3) is 0 Å². The molecule has 1 aliphatic carbocycles. The molecule has 0 saturated heterocycles. The van der Waals surface area contributed by atoms with Crippen molar-refractivity contribution in [1.82, 2.24) is 9.80 Å². The van der Waals surface area contributed by atoms with Crippen LogP contribution in [0.1, 0.15) is 33.6 Å². The highest BCUT2D eigenvalue weighted by molar-refractivity contribution is 5.25. The summed E-state index contributed by atoms with van der Waals surface area (Å²) in [5, 5.41) is 0. The van der Waals surface area contributed by atoms with Crippen molar-refractivity contribution in [3.8, 4) is 0 Å². The van der Waals surface area contributed by atoms with E-state index in [2.05, 4.69) is 58.3 Å². The van der Waals surface area contributed by atoms with Gasteiger partial charge in [-0.25, -0.2) is 0 Å². The molecule has 0 radical (unpaired) electrons. The summed E-state index contributed by atoms with van der Waals surface area (Å²) in [6.45, 7) is 10.9. The van der Waals surface area contributed by atoms with Crippen molar-refractivity contribution in [2.24, 2.45) is 0 Å². The minimum absolute atomic E-state index is 0.169. The maximum Gasteiger partial charge on any atom is 0.0600 e. The molecule has 1 saturated carbocycles. The Morgan fingerprint density at radius 2 is 1.57 bits per heavy atom. The first-order chi connectivity index (χ1) is 6.22. The molecule has 0 amide bonds. The van der Waals surface area contributed by atoms with Crippen molar-refractivity contribution in [2.75, 3.05) is 21.1 Å². The van der Waals surface area contributed by atoms with Crippen LogP contribution in [0.2, 0.25) is 0 Å². The summed E-state index contributed by atoms with van der Waals surface area (Å²) in [5.41, 5.74) is 1.68.